The number of aliphatic carboxylic acids is 1. The molecule has 5 heteroatoms. The van der Waals surface area contributed by atoms with Crippen molar-refractivity contribution in [3.05, 3.63) is 34.3 Å². The quantitative estimate of drug-likeness (QED) is 0.832. The molecule has 1 unspecified atom stereocenters. The molecule has 0 amide bonds. The van der Waals surface area contributed by atoms with Gasteiger partial charge in [-0.1, -0.05) is 34.1 Å². The number of carbonyl (C=O) groups is 1. The molecule has 94 valence electrons. The second kappa shape index (κ2) is 6.74. The van der Waals surface area contributed by atoms with Crippen LogP contribution in [0.3, 0.4) is 0 Å². The summed E-state index contributed by atoms with van der Waals surface area (Å²) in [7, 11) is 1.87. The molecule has 1 aromatic carbocycles. The zero-order valence-electron chi connectivity index (χ0n) is 9.77. The summed E-state index contributed by atoms with van der Waals surface area (Å²) in [5, 5.41) is 8.70. The molecule has 0 fully saturated rings. The molecule has 0 bridgehead atoms. The summed E-state index contributed by atoms with van der Waals surface area (Å²) >= 11 is 3.48. The van der Waals surface area contributed by atoms with Gasteiger partial charge in [-0.05, 0) is 25.1 Å². The predicted octanol–water partition coefficient (Wildman–Crippen LogP) is 1.34. The van der Waals surface area contributed by atoms with Gasteiger partial charge in [0, 0.05) is 17.6 Å². The summed E-state index contributed by atoms with van der Waals surface area (Å²) in [6, 6.07) is 7.19. The molecular formula is C12H17BrN2O2. The standard InChI is InChI=1S/C12H17BrN2O2/c1-15(8-11(14)12(16)17)7-6-9-4-2-3-5-10(9)13/h2-5,11H,6-8,14H2,1H3,(H,16,17). The van der Waals surface area contributed by atoms with Crippen LogP contribution in [0.2, 0.25) is 0 Å². The van der Waals surface area contributed by atoms with E-state index < -0.39 is 12.0 Å². The molecule has 1 atom stereocenters. The van der Waals surface area contributed by atoms with E-state index in [4.69, 9.17) is 10.8 Å². The summed E-state index contributed by atoms with van der Waals surface area (Å²) in [6.45, 7) is 1.14. The minimum absolute atomic E-state index is 0.361. The minimum atomic E-state index is -0.960. The minimum Gasteiger partial charge on any atom is -0.480 e. The fourth-order valence-corrected chi connectivity index (χ4v) is 2.00. The van der Waals surface area contributed by atoms with Gasteiger partial charge in [0.2, 0.25) is 0 Å². The summed E-state index contributed by atoms with van der Waals surface area (Å²) in [4.78, 5) is 12.5. The lowest BCUT2D eigenvalue weighted by atomic mass is 10.1. The summed E-state index contributed by atoms with van der Waals surface area (Å²) in [5.74, 6) is -0.960. The Kier molecular flexibility index (Phi) is 5.61. The van der Waals surface area contributed by atoms with Gasteiger partial charge in [0.25, 0.3) is 0 Å². The van der Waals surface area contributed by atoms with Gasteiger partial charge in [-0.15, -0.1) is 0 Å². The van der Waals surface area contributed by atoms with Crippen LogP contribution in [0.1, 0.15) is 5.56 Å². The van der Waals surface area contributed by atoms with Crippen molar-refractivity contribution in [1.29, 1.82) is 0 Å². The number of benzene rings is 1. The highest BCUT2D eigenvalue weighted by molar-refractivity contribution is 9.10. The molecule has 1 rings (SSSR count). The maximum Gasteiger partial charge on any atom is 0.321 e. The van der Waals surface area contributed by atoms with Crippen molar-refractivity contribution in [2.45, 2.75) is 12.5 Å². The highest BCUT2D eigenvalue weighted by Crippen LogP contribution is 2.16. The van der Waals surface area contributed by atoms with Crippen molar-refractivity contribution in [3.8, 4) is 0 Å². The van der Waals surface area contributed by atoms with E-state index >= 15 is 0 Å². The van der Waals surface area contributed by atoms with Gasteiger partial charge in [0.15, 0.2) is 0 Å². The number of rotatable bonds is 6. The van der Waals surface area contributed by atoms with Crippen LogP contribution in [0.5, 0.6) is 0 Å². The van der Waals surface area contributed by atoms with E-state index in [0.29, 0.717) is 6.54 Å². The van der Waals surface area contributed by atoms with Crippen molar-refractivity contribution in [1.82, 2.24) is 4.90 Å². The molecule has 0 aliphatic rings. The first kappa shape index (κ1) is 14.2. The van der Waals surface area contributed by atoms with E-state index in [1.54, 1.807) is 0 Å². The number of halogens is 1. The van der Waals surface area contributed by atoms with E-state index in [0.717, 1.165) is 17.4 Å². The Bertz CT molecular complexity index is 385. The van der Waals surface area contributed by atoms with Crippen LogP contribution < -0.4 is 5.73 Å². The Balaban J connectivity index is 2.41. The van der Waals surface area contributed by atoms with Crippen LogP contribution in [0.25, 0.3) is 0 Å². The molecule has 1 aromatic rings. The fraction of sp³-hybridized carbons (Fsp3) is 0.417. The second-order valence-electron chi connectivity index (χ2n) is 4.05. The molecule has 3 N–H and O–H groups in total. The Morgan fingerprint density at radius 2 is 2.18 bits per heavy atom. The van der Waals surface area contributed by atoms with Crippen LogP contribution in [0, 0.1) is 0 Å². The molecule has 4 nitrogen and oxygen atoms in total. The first-order valence-corrected chi connectivity index (χ1v) is 6.20. The molecule has 17 heavy (non-hydrogen) atoms. The van der Waals surface area contributed by atoms with Crippen molar-refractivity contribution < 1.29 is 9.90 Å². The van der Waals surface area contributed by atoms with Gasteiger partial charge in [-0.3, -0.25) is 4.79 Å². The molecule has 0 aromatic heterocycles. The van der Waals surface area contributed by atoms with E-state index in [9.17, 15) is 4.79 Å². The Morgan fingerprint density at radius 3 is 2.76 bits per heavy atom. The van der Waals surface area contributed by atoms with Gasteiger partial charge >= 0.3 is 5.97 Å². The molecule has 0 saturated carbocycles. The summed E-state index contributed by atoms with van der Waals surface area (Å²) in [5.41, 5.74) is 6.68. The SMILES string of the molecule is CN(CCc1ccccc1Br)CC(N)C(=O)O. The molecule has 0 aliphatic heterocycles. The van der Waals surface area contributed by atoms with Gasteiger partial charge < -0.3 is 15.7 Å². The monoisotopic (exact) mass is 300 g/mol. The second-order valence-corrected chi connectivity index (χ2v) is 4.90. The first-order chi connectivity index (χ1) is 8.00. The molecule has 0 radical (unpaired) electrons. The number of carboxylic acid groups (broad SMARTS) is 1. The summed E-state index contributed by atoms with van der Waals surface area (Å²) in [6.07, 6.45) is 0.865. The normalized spacial score (nSPS) is 12.7. The van der Waals surface area contributed by atoms with E-state index in [2.05, 4.69) is 22.0 Å². The molecule has 0 spiro atoms. The number of carboxylic acids is 1. The number of hydrogen-bond donors (Lipinski definition) is 2. The van der Waals surface area contributed by atoms with E-state index in [1.165, 1.54) is 5.56 Å². The number of hydrogen-bond acceptors (Lipinski definition) is 3. The van der Waals surface area contributed by atoms with Crippen molar-refractivity contribution in [3.63, 3.8) is 0 Å². The highest BCUT2D eigenvalue weighted by atomic mass is 79.9. The maximum absolute atomic E-state index is 10.6. The van der Waals surface area contributed by atoms with Crippen molar-refractivity contribution in [2.75, 3.05) is 20.1 Å². The van der Waals surface area contributed by atoms with Crippen LogP contribution in [0.15, 0.2) is 28.7 Å². The smallest absolute Gasteiger partial charge is 0.321 e. The topological polar surface area (TPSA) is 66.6 Å². The average molecular weight is 301 g/mol. The predicted molar refractivity (Wildman–Crippen MR) is 71.0 cm³/mol. The van der Waals surface area contributed by atoms with Crippen molar-refractivity contribution >= 4 is 21.9 Å². The van der Waals surface area contributed by atoms with Crippen LogP contribution in [-0.4, -0.2) is 42.2 Å². The van der Waals surface area contributed by atoms with Crippen LogP contribution in [-0.2, 0) is 11.2 Å². The maximum atomic E-state index is 10.6. The lowest BCUT2D eigenvalue weighted by Gasteiger charge is -2.19. The molecular weight excluding hydrogens is 284 g/mol. The summed E-state index contributed by atoms with van der Waals surface area (Å²) < 4.78 is 1.08. The third-order valence-corrected chi connectivity index (χ3v) is 3.32. The average Bonchev–Trinajstić information content (AvgIpc) is 2.27. The molecule has 0 heterocycles. The zero-order valence-corrected chi connectivity index (χ0v) is 11.4. The molecule has 0 saturated heterocycles. The number of nitrogens with two attached hydrogens (primary N) is 1. The van der Waals surface area contributed by atoms with Gasteiger partial charge in [-0.2, -0.15) is 0 Å². The van der Waals surface area contributed by atoms with E-state index in [-0.39, 0.29) is 0 Å². The van der Waals surface area contributed by atoms with Gasteiger partial charge in [0.1, 0.15) is 6.04 Å². The van der Waals surface area contributed by atoms with E-state index in [1.807, 2.05) is 30.1 Å². The largest absolute Gasteiger partial charge is 0.480 e. The zero-order chi connectivity index (χ0) is 12.8. The van der Waals surface area contributed by atoms with Crippen LogP contribution in [0.4, 0.5) is 0 Å². The number of likely N-dealkylation sites (N-methyl/N-ethyl adjacent to an activating group) is 1. The molecule has 0 aliphatic carbocycles. The third kappa shape index (κ3) is 4.85. The van der Waals surface area contributed by atoms with Gasteiger partial charge in [-0.25, -0.2) is 0 Å². The first-order valence-electron chi connectivity index (χ1n) is 5.41. The Labute approximate surface area is 110 Å². The van der Waals surface area contributed by atoms with Crippen molar-refractivity contribution in [2.24, 2.45) is 5.73 Å². The number of nitrogens with zero attached hydrogens (tertiary/aromatic N) is 1. The van der Waals surface area contributed by atoms with Gasteiger partial charge in [0.05, 0.1) is 0 Å². The lowest BCUT2D eigenvalue weighted by Crippen LogP contribution is -2.41. The third-order valence-electron chi connectivity index (χ3n) is 2.55. The fourth-order valence-electron chi connectivity index (χ4n) is 1.52. The Hall–Kier alpha value is -0.910. The Morgan fingerprint density at radius 1 is 1.53 bits per heavy atom. The lowest BCUT2D eigenvalue weighted by molar-refractivity contribution is -0.138. The van der Waals surface area contributed by atoms with Crippen LogP contribution >= 0.6 is 15.9 Å². The highest BCUT2D eigenvalue weighted by Gasteiger charge is 2.13.